The van der Waals surface area contributed by atoms with E-state index in [4.69, 9.17) is 9.53 Å². The third-order valence-electron chi connectivity index (χ3n) is 0.998. The highest BCUT2D eigenvalue weighted by Crippen LogP contribution is 1.91. The van der Waals surface area contributed by atoms with Gasteiger partial charge in [-0.25, -0.2) is 0 Å². The summed E-state index contributed by atoms with van der Waals surface area (Å²) in [6.07, 6.45) is 0.435. The third kappa shape index (κ3) is 5.53. The van der Waals surface area contributed by atoms with Gasteiger partial charge in [-0.2, -0.15) is 0 Å². The van der Waals surface area contributed by atoms with E-state index in [1.807, 2.05) is 0 Å². The standard InChI is InChI=1S/C4H9NO.C2H4O2/c1-4-2-5-3-6-4;1-4-2-3/h4-5H,2-3H2,1H3;2H,1H3. The Bertz CT molecular complexity index is 81.1. The number of carbonyl (C=O) groups is 1. The Morgan fingerprint density at radius 1 is 1.80 bits per heavy atom. The van der Waals surface area contributed by atoms with Crippen LogP contribution in [0.4, 0.5) is 0 Å². The van der Waals surface area contributed by atoms with Gasteiger partial charge in [0.1, 0.15) is 0 Å². The molecule has 1 atom stereocenters. The molecule has 4 heteroatoms. The summed E-state index contributed by atoms with van der Waals surface area (Å²) in [5.74, 6) is 0. The molecule has 0 amide bonds. The summed E-state index contributed by atoms with van der Waals surface area (Å²) >= 11 is 0. The van der Waals surface area contributed by atoms with Gasteiger partial charge in [0.05, 0.1) is 19.9 Å². The van der Waals surface area contributed by atoms with Gasteiger partial charge in [-0.05, 0) is 6.92 Å². The van der Waals surface area contributed by atoms with E-state index in [1.165, 1.54) is 7.11 Å². The molecule has 0 aromatic carbocycles. The number of hydrogen-bond donors (Lipinski definition) is 1. The molecule has 1 N–H and O–H groups in total. The number of hydrogen-bond acceptors (Lipinski definition) is 4. The van der Waals surface area contributed by atoms with Crippen molar-refractivity contribution in [1.82, 2.24) is 5.32 Å². The lowest BCUT2D eigenvalue weighted by molar-refractivity contribution is -0.126. The van der Waals surface area contributed by atoms with Gasteiger partial charge >= 0.3 is 0 Å². The Kier molecular flexibility index (Phi) is 6.11. The number of methoxy groups -OCH3 is 1. The minimum Gasteiger partial charge on any atom is -0.471 e. The predicted molar refractivity (Wildman–Crippen MR) is 36.5 cm³/mol. The molecule has 0 bridgehead atoms. The first kappa shape index (κ1) is 9.39. The van der Waals surface area contributed by atoms with E-state index in [2.05, 4.69) is 17.0 Å². The third-order valence-corrected chi connectivity index (χ3v) is 0.998. The van der Waals surface area contributed by atoms with Crippen molar-refractivity contribution in [2.45, 2.75) is 13.0 Å². The number of ether oxygens (including phenoxy) is 2. The molecule has 1 aliphatic rings. The fourth-order valence-electron chi connectivity index (χ4n) is 0.522. The highest BCUT2D eigenvalue weighted by molar-refractivity contribution is 5.36. The molecular formula is C6H13NO3. The Morgan fingerprint density at radius 2 is 2.40 bits per heavy atom. The first-order valence-electron chi connectivity index (χ1n) is 3.10. The Labute approximate surface area is 60.5 Å². The zero-order chi connectivity index (χ0) is 7.82. The molecule has 4 nitrogen and oxygen atoms in total. The minimum absolute atomic E-state index is 0.375. The molecule has 0 radical (unpaired) electrons. The van der Waals surface area contributed by atoms with Gasteiger partial charge in [0, 0.05) is 6.54 Å². The van der Waals surface area contributed by atoms with Crippen LogP contribution in [0.25, 0.3) is 0 Å². The van der Waals surface area contributed by atoms with Crippen molar-refractivity contribution in [1.29, 1.82) is 0 Å². The van der Waals surface area contributed by atoms with Crippen LogP contribution >= 0.6 is 0 Å². The summed E-state index contributed by atoms with van der Waals surface area (Å²) in [7, 11) is 1.31. The Morgan fingerprint density at radius 3 is 2.50 bits per heavy atom. The molecule has 1 fully saturated rings. The van der Waals surface area contributed by atoms with Crippen LogP contribution in [0.2, 0.25) is 0 Å². The van der Waals surface area contributed by atoms with Crippen LogP contribution in [-0.2, 0) is 14.3 Å². The molecule has 1 aliphatic heterocycles. The van der Waals surface area contributed by atoms with E-state index in [0.717, 1.165) is 13.3 Å². The van der Waals surface area contributed by atoms with Crippen molar-refractivity contribution in [3.8, 4) is 0 Å². The normalized spacial score (nSPS) is 22.8. The maximum atomic E-state index is 8.95. The predicted octanol–water partition coefficient (Wildman–Crippen LogP) is -0.259. The van der Waals surface area contributed by atoms with Crippen molar-refractivity contribution < 1.29 is 14.3 Å². The first-order valence-corrected chi connectivity index (χ1v) is 3.10. The molecule has 1 rings (SSSR count). The molecular weight excluding hydrogens is 134 g/mol. The van der Waals surface area contributed by atoms with Crippen LogP contribution in [0.15, 0.2) is 0 Å². The SMILES string of the molecule is CC1CNCO1.COC=O. The van der Waals surface area contributed by atoms with Gasteiger partial charge in [-0.1, -0.05) is 0 Å². The van der Waals surface area contributed by atoms with Crippen LogP contribution in [-0.4, -0.2) is 33.0 Å². The quantitative estimate of drug-likeness (QED) is 0.519. The highest BCUT2D eigenvalue weighted by atomic mass is 16.5. The Hall–Kier alpha value is -0.610. The van der Waals surface area contributed by atoms with Crippen LogP contribution < -0.4 is 5.32 Å². The maximum absolute atomic E-state index is 8.95. The highest BCUT2D eigenvalue weighted by Gasteiger charge is 2.05. The van der Waals surface area contributed by atoms with Gasteiger partial charge in [0.2, 0.25) is 0 Å². The molecule has 1 heterocycles. The largest absolute Gasteiger partial charge is 0.471 e. The Balaban J connectivity index is 0.000000180. The van der Waals surface area contributed by atoms with Crippen LogP contribution in [0.5, 0.6) is 0 Å². The van der Waals surface area contributed by atoms with Crippen molar-refractivity contribution >= 4 is 6.47 Å². The molecule has 0 aromatic heterocycles. The fourth-order valence-corrected chi connectivity index (χ4v) is 0.522. The van der Waals surface area contributed by atoms with E-state index >= 15 is 0 Å². The van der Waals surface area contributed by atoms with Crippen molar-refractivity contribution in [2.75, 3.05) is 20.4 Å². The monoisotopic (exact) mass is 147 g/mol. The average Bonchev–Trinajstić information content (AvgIpc) is 2.40. The summed E-state index contributed by atoms with van der Waals surface area (Å²) in [4.78, 5) is 8.95. The van der Waals surface area contributed by atoms with Crippen molar-refractivity contribution in [3.63, 3.8) is 0 Å². The second kappa shape index (κ2) is 6.51. The molecule has 0 aliphatic carbocycles. The second-order valence-electron chi connectivity index (χ2n) is 1.91. The number of carbonyl (C=O) groups excluding carboxylic acids is 1. The summed E-state index contributed by atoms with van der Waals surface area (Å²) < 4.78 is 8.90. The summed E-state index contributed by atoms with van der Waals surface area (Å²) in [6, 6.07) is 0. The van der Waals surface area contributed by atoms with Crippen molar-refractivity contribution in [3.05, 3.63) is 0 Å². The molecule has 60 valence electrons. The van der Waals surface area contributed by atoms with Crippen LogP contribution in [0.1, 0.15) is 6.92 Å². The molecule has 0 aromatic rings. The lowest BCUT2D eigenvalue weighted by Crippen LogP contribution is -2.09. The lowest BCUT2D eigenvalue weighted by atomic mass is 10.4. The molecule has 10 heavy (non-hydrogen) atoms. The van der Waals surface area contributed by atoms with E-state index in [1.54, 1.807) is 0 Å². The maximum Gasteiger partial charge on any atom is 0.292 e. The minimum atomic E-state index is 0.375. The average molecular weight is 147 g/mol. The van der Waals surface area contributed by atoms with E-state index < -0.39 is 0 Å². The second-order valence-corrected chi connectivity index (χ2v) is 1.91. The van der Waals surface area contributed by atoms with Gasteiger partial charge in [-0.15, -0.1) is 0 Å². The van der Waals surface area contributed by atoms with E-state index in [-0.39, 0.29) is 0 Å². The molecule has 0 spiro atoms. The first-order chi connectivity index (χ1) is 4.81. The molecule has 1 saturated heterocycles. The fraction of sp³-hybridized carbons (Fsp3) is 0.833. The number of rotatable bonds is 1. The van der Waals surface area contributed by atoms with Gasteiger partial charge in [0.25, 0.3) is 6.47 Å². The smallest absolute Gasteiger partial charge is 0.292 e. The van der Waals surface area contributed by atoms with Crippen LogP contribution in [0, 0.1) is 0 Å². The zero-order valence-corrected chi connectivity index (χ0v) is 6.29. The van der Waals surface area contributed by atoms with Gasteiger partial charge < -0.3 is 9.47 Å². The van der Waals surface area contributed by atoms with Gasteiger partial charge in [0.15, 0.2) is 0 Å². The van der Waals surface area contributed by atoms with E-state index in [0.29, 0.717) is 12.6 Å². The summed E-state index contributed by atoms with van der Waals surface area (Å²) in [5.41, 5.74) is 0. The van der Waals surface area contributed by atoms with Crippen LogP contribution in [0.3, 0.4) is 0 Å². The molecule has 0 saturated carbocycles. The summed E-state index contributed by atoms with van der Waals surface area (Å²) in [6.45, 7) is 4.18. The zero-order valence-electron chi connectivity index (χ0n) is 6.29. The topological polar surface area (TPSA) is 47.6 Å². The summed E-state index contributed by atoms with van der Waals surface area (Å²) in [5, 5.41) is 3.05. The number of nitrogens with one attached hydrogen (secondary N) is 1. The van der Waals surface area contributed by atoms with E-state index in [9.17, 15) is 0 Å². The molecule has 1 unspecified atom stereocenters. The lowest BCUT2D eigenvalue weighted by Gasteiger charge is -1.92. The van der Waals surface area contributed by atoms with Gasteiger partial charge in [-0.3, -0.25) is 10.1 Å². The van der Waals surface area contributed by atoms with Crippen molar-refractivity contribution in [2.24, 2.45) is 0 Å².